The molecule has 0 saturated heterocycles. The summed E-state index contributed by atoms with van der Waals surface area (Å²) in [7, 11) is 0. The van der Waals surface area contributed by atoms with Gasteiger partial charge in [-0.25, -0.2) is 4.79 Å². The number of aromatic nitrogens is 1. The largest absolute Gasteiger partial charge is 0.461 e. The Labute approximate surface area is 111 Å². The van der Waals surface area contributed by atoms with Gasteiger partial charge in [0.25, 0.3) is 0 Å². The summed E-state index contributed by atoms with van der Waals surface area (Å²) in [5.41, 5.74) is 1.67. The quantitative estimate of drug-likeness (QED) is 0.661. The van der Waals surface area contributed by atoms with Gasteiger partial charge in [0.05, 0.1) is 12.3 Å². The minimum atomic E-state index is -0.443. The number of ketones is 1. The van der Waals surface area contributed by atoms with Crippen LogP contribution >= 0.6 is 0 Å². The van der Waals surface area contributed by atoms with Crippen molar-refractivity contribution in [3.8, 4) is 0 Å². The summed E-state index contributed by atoms with van der Waals surface area (Å²) in [4.78, 5) is 26.3. The molecule has 0 atom stereocenters. The molecule has 0 spiro atoms. The van der Waals surface area contributed by atoms with Crippen molar-refractivity contribution in [1.29, 1.82) is 0 Å². The molecule has 1 N–H and O–H groups in total. The summed E-state index contributed by atoms with van der Waals surface area (Å²) in [6, 6.07) is 12.7. The van der Waals surface area contributed by atoms with Crippen LogP contribution < -0.4 is 0 Å². The molecule has 0 unspecified atom stereocenters. The molecule has 2 aromatic rings. The third kappa shape index (κ3) is 3.31. The van der Waals surface area contributed by atoms with Crippen molar-refractivity contribution in [1.82, 2.24) is 4.98 Å². The summed E-state index contributed by atoms with van der Waals surface area (Å²) in [5.74, 6) is -0.497. The standard InChI is InChI=1S/C15H15NO3/c1-2-19-15(18)13-9-8-12(16-13)14(17)10-11-6-4-3-5-7-11/h3-9,16H,2,10H2,1H3. The minimum absolute atomic E-state index is 0.0539. The Morgan fingerprint density at radius 3 is 2.42 bits per heavy atom. The fraction of sp³-hybridized carbons (Fsp3) is 0.200. The van der Waals surface area contributed by atoms with E-state index in [4.69, 9.17) is 4.74 Å². The number of rotatable bonds is 5. The van der Waals surface area contributed by atoms with E-state index < -0.39 is 5.97 Å². The number of Topliss-reactive ketones (excluding diaryl/α,β-unsaturated/α-hetero) is 1. The molecule has 0 aliphatic rings. The van der Waals surface area contributed by atoms with E-state index in [1.54, 1.807) is 19.1 Å². The van der Waals surface area contributed by atoms with Crippen LogP contribution in [0.1, 0.15) is 33.5 Å². The Morgan fingerprint density at radius 1 is 1.05 bits per heavy atom. The zero-order chi connectivity index (χ0) is 13.7. The van der Waals surface area contributed by atoms with Crippen molar-refractivity contribution in [3.05, 3.63) is 59.4 Å². The SMILES string of the molecule is CCOC(=O)c1ccc(C(=O)Cc2ccccc2)[nH]1. The number of carbonyl (C=O) groups is 2. The molecule has 2 rings (SSSR count). The summed E-state index contributed by atoms with van der Waals surface area (Å²) in [5, 5.41) is 0. The van der Waals surface area contributed by atoms with Crippen LogP contribution in [0, 0.1) is 0 Å². The first-order chi connectivity index (χ1) is 9.20. The second kappa shape index (κ2) is 6.00. The van der Waals surface area contributed by atoms with Gasteiger partial charge in [-0.05, 0) is 24.6 Å². The molecule has 0 saturated carbocycles. The van der Waals surface area contributed by atoms with E-state index in [1.807, 2.05) is 30.3 Å². The predicted octanol–water partition coefficient (Wildman–Crippen LogP) is 2.62. The summed E-state index contributed by atoms with van der Waals surface area (Å²) in [6.45, 7) is 2.05. The summed E-state index contributed by atoms with van der Waals surface area (Å²) < 4.78 is 4.86. The number of ether oxygens (including phenoxy) is 1. The molecule has 0 amide bonds. The number of aromatic amines is 1. The average molecular weight is 257 g/mol. The van der Waals surface area contributed by atoms with E-state index >= 15 is 0 Å². The maximum atomic E-state index is 12.0. The molecule has 98 valence electrons. The van der Waals surface area contributed by atoms with Gasteiger partial charge in [0, 0.05) is 6.42 Å². The molecule has 0 radical (unpaired) electrons. The number of H-pyrrole nitrogens is 1. The van der Waals surface area contributed by atoms with Crippen molar-refractivity contribution < 1.29 is 14.3 Å². The Balaban J connectivity index is 2.06. The van der Waals surface area contributed by atoms with Crippen molar-refractivity contribution in [2.45, 2.75) is 13.3 Å². The third-order valence-electron chi connectivity index (χ3n) is 2.69. The zero-order valence-electron chi connectivity index (χ0n) is 10.7. The fourth-order valence-corrected chi connectivity index (χ4v) is 1.76. The molecule has 1 heterocycles. The number of nitrogens with one attached hydrogen (secondary N) is 1. The molecule has 1 aromatic heterocycles. The van der Waals surface area contributed by atoms with Crippen LogP contribution in [0.3, 0.4) is 0 Å². The van der Waals surface area contributed by atoms with Gasteiger partial charge in [-0.2, -0.15) is 0 Å². The maximum Gasteiger partial charge on any atom is 0.354 e. The van der Waals surface area contributed by atoms with Crippen molar-refractivity contribution in [3.63, 3.8) is 0 Å². The second-order valence-corrected chi connectivity index (χ2v) is 4.09. The number of esters is 1. The maximum absolute atomic E-state index is 12.0. The van der Waals surface area contributed by atoms with Gasteiger partial charge in [0.2, 0.25) is 0 Å². The average Bonchev–Trinajstić information content (AvgIpc) is 2.90. The van der Waals surface area contributed by atoms with Crippen LogP contribution in [-0.4, -0.2) is 23.3 Å². The van der Waals surface area contributed by atoms with Crippen molar-refractivity contribution in [2.75, 3.05) is 6.61 Å². The number of hydrogen-bond acceptors (Lipinski definition) is 3. The van der Waals surface area contributed by atoms with E-state index in [0.717, 1.165) is 5.56 Å². The van der Waals surface area contributed by atoms with E-state index in [1.165, 1.54) is 0 Å². The van der Waals surface area contributed by atoms with Crippen LogP contribution in [0.5, 0.6) is 0 Å². The smallest absolute Gasteiger partial charge is 0.354 e. The molecule has 1 aromatic carbocycles. The molecular formula is C15H15NO3. The van der Waals surface area contributed by atoms with Gasteiger partial charge in [0.15, 0.2) is 5.78 Å². The van der Waals surface area contributed by atoms with Crippen molar-refractivity contribution >= 4 is 11.8 Å². The first-order valence-electron chi connectivity index (χ1n) is 6.14. The van der Waals surface area contributed by atoms with Gasteiger partial charge >= 0.3 is 5.97 Å². The Kier molecular flexibility index (Phi) is 4.13. The highest BCUT2D eigenvalue weighted by Gasteiger charge is 2.13. The van der Waals surface area contributed by atoms with Gasteiger partial charge in [-0.15, -0.1) is 0 Å². The van der Waals surface area contributed by atoms with Crippen LogP contribution in [0.15, 0.2) is 42.5 Å². The van der Waals surface area contributed by atoms with Gasteiger partial charge < -0.3 is 9.72 Å². The van der Waals surface area contributed by atoms with Crippen molar-refractivity contribution in [2.24, 2.45) is 0 Å². The molecule has 19 heavy (non-hydrogen) atoms. The zero-order valence-corrected chi connectivity index (χ0v) is 10.7. The van der Waals surface area contributed by atoms with Gasteiger partial charge in [-0.3, -0.25) is 4.79 Å². The normalized spacial score (nSPS) is 10.2. The Bertz CT molecular complexity index is 572. The highest BCUT2D eigenvalue weighted by atomic mass is 16.5. The van der Waals surface area contributed by atoms with E-state index in [0.29, 0.717) is 24.4 Å². The number of carbonyl (C=O) groups excluding carboxylic acids is 2. The molecule has 4 heteroatoms. The summed E-state index contributed by atoms with van der Waals surface area (Å²) >= 11 is 0. The molecule has 0 bridgehead atoms. The molecule has 0 fully saturated rings. The van der Waals surface area contributed by atoms with E-state index in [9.17, 15) is 9.59 Å². The van der Waals surface area contributed by atoms with Gasteiger partial charge in [-0.1, -0.05) is 30.3 Å². The minimum Gasteiger partial charge on any atom is -0.461 e. The lowest BCUT2D eigenvalue weighted by atomic mass is 10.1. The molecule has 4 nitrogen and oxygen atoms in total. The lowest BCUT2D eigenvalue weighted by Crippen LogP contribution is -2.07. The first kappa shape index (κ1) is 13.1. The highest BCUT2D eigenvalue weighted by Crippen LogP contribution is 2.09. The Hall–Kier alpha value is -2.36. The number of hydrogen-bond donors (Lipinski definition) is 1. The molecular weight excluding hydrogens is 242 g/mol. The van der Waals surface area contributed by atoms with E-state index in [-0.39, 0.29) is 5.78 Å². The van der Waals surface area contributed by atoms with E-state index in [2.05, 4.69) is 4.98 Å². The van der Waals surface area contributed by atoms with Crippen LogP contribution in [0.2, 0.25) is 0 Å². The Morgan fingerprint density at radius 2 is 1.74 bits per heavy atom. The molecule has 0 aliphatic carbocycles. The predicted molar refractivity (Wildman–Crippen MR) is 71.2 cm³/mol. The molecule has 0 aliphatic heterocycles. The van der Waals surface area contributed by atoms with Crippen LogP contribution in [0.25, 0.3) is 0 Å². The monoisotopic (exact) mass is 257 g/mol. The lowest BCUT2D eigenvalue weighted by Gasteiger charge is -2.00. The summed E-state index contributed by atoms with van der Waals surface area (Å²) in [6.07, 6.45) is 0.309. The first-order valence-corrected chi connectivity index (χ1v) is 6.14. The third-order valence-corrected chi connectivity index (χ3v) is 2.69. The fourth-order valence-electron chi connectivity index (χ4n) is 1.76. The van der Waals surface area contributed by atoms with Gasteiger partial charge in [0.1, 0.15) is 5.69 Å². The van der Waals surface area contributed by atoms with Crippen LogP contribution in [0.4, 0.5) is 0 Å². The second-order valence-electron chi connectivity index (χ2n) is 4.09. The highest BCUT2D eigenvalue weighted by molar-refractivity contribution is 5.98. The lowest BCUT2D eigenvalue weighted by molar-refractivity contribution is 0.0520. The van der Waals surface area contributed by atoms with Crippen LogP contribution in [-0.2, 0) is 11.2 Å². The number of benzene rings is 1. The topological polar surface area (TPSA) is 59.2 Å².